The summed E-state index contributed by atoms with van der Waals surface area (Å²) in [6.07, 6.45) is 6.47. The zero-order valence-electron chi connectivity index (χ0n) is 16.2. The molecule has 28 heavy (non-hydrogen) atoms. The molecule has 0 spiro atoms. The highest BCUT2D eigenvalue weighted by Gasteiger charge is 2.22. The Hall–Kier alpha value is -2.64. The molecule has 8 heteroatoms. The van der Waals surface area contributed by atoms with Crippen molar-refractivity contribution in [3.05, 3.63) is 33.9 Å². The Morgan fingerprint density at radius 2 is 1.86 bits per heavy atom. The number of non-ortho nitro benzene ring substituents is 1. The van der Waals surface area contributed by atoms with Crippen LogP contribution in [0.15, 0.2) is 18.2 Å². The van der Waals surface area contributed by atoms with Gasteiger partial charge in [-0.1, -0.05) is 6.42 Å². The van der Waals surface area contributed by atoms with Crippen LogP contribution in [-0.4, -0.2) is 54.4 Å². The predicted octanol–water partition coefficient (Wildman–Crippen LogP) is 2.72. The average Bonchev–Trinajstić information content (AvgIpc) is 3.15. The van der Waals surface area contributed by atoms with E-state index in [1.807, 2.05) is 4.90 Å². The minimum Gasteiger partial charge on any atom is -0.371 e. The number of nitrogens with zero attached hydrogens (tertiary/aromatic N) is 3. The summed E-state index contributed by atoms with van der Waals surface area (Å²) in [5, 5.41) is 14.0. The second-order valence-corrected chi connectivity index (χ2v) is 7.45. The molecule has 2 saturated heterocycles. The van der Waals surface area contributed by atoms with E-state index >= 15 is 0 Å². The molecule has 1 aromatic rings. The molecule has 152 valence electrons. The SMILES string of the molecule is O=C(NCCCN1CCCCCC1=O)c1cc([N+](=O)[O-])ccc1N1CCCC1. The molecule has 2 fully saturated rings. The third-order valence-corrected chi connectivity index (χ3v) is 5.44. The van der Waals surface area contributed by atoms with E-state index in [-0.39, 0.29) is 17.5 Å². The normalized spacial score (nSPS) is 17.5. The highest BCUT2D eigenvalue weighted by Crippen LogP contribution is 2.28. The zero-order valence-corrected chi connectivity index (χ0v) is 16.2. The number of amides is 2. The average molecular weight is 388 g/mol. The van der Waals surface area contributed by atoms with Gasteiger partial charge in [0.15, 0.2) is 0 Å². The molecular weight excluding hydrogens is 360 g/mol. The van der Waals surface area contributed by atoms with E-state index in [9.17, 15) is 19.7 Å². The number of likely N-dealkylation sites (tertiary alicyclic amines) is 1. The van der Waals surface area contributed by atoms with Crippen LogP contribution in [0.5, 0.6) is 0 Å². The fourth-order valence-electron chi connectivity index (χ4n) is 3.90. The van der Waals surface area contributed by atoms with Gasteiger partial charge >= 0.3 is 0 Å². The minimum atomic E-state index is -0.477. The molecule has 1 N–H and O–H groups in total. The third kappa shape index (κ3) is 4.99. The molecule has 0 saturated carbocycles. The van der Waals surface area contributed by atoms with E-state index in [1.165, 1.54) is 12.1 Å². The molecule has 0 unspecified atom stereocenters. The van der Waals surface area contributed by atoms with Crippen LogP contribution in [0.25, 0.3) is 0 Å². The van der Waals surface area contributed by atoms with Gasteiger partial charge in [-0.3, -0.25) is 19.7 Å². The molecule has 2 amide bonds. The van der Waals surface area contributed by atoms with Crippen molar-refractivity contribution in [3.8, 4) is 0 Å². The second-order valence-electron chi connectivity index (χ2n) is 7.45. The summed E-state index contributed by atoms with van der Waals surface area (Å²) in [7, 11) is 0. The van der Waals surface area contributed by atoms with E-state index in [4.69, 9.17) is 0 Å². The van der Waals surface area contributed by atoms with Crippen LogP contribution in [0.2, 0.25) is 0 Å². The van der Waals surface area contributed by atoms with Gasteiger partial charge < -0.3 is 15.1 Å². The number of anilines is 1. The zero-order chi connectivity index (χ0) is 19.9. The first-order valence-corrected chi connectivity index (χ1v) is 10.2. The summed E-state index contributed by atoms with van der Waals surface area (Å²) in [6, 6.07) is 4.49. The predicted molar refractivity (Wildman–Crippen MR) is 107 cm³/mol. The number of hydrogen-bond acceptors (Lipinski definition) is 5. The lowest BCUT2D eigenvalue weighted by molar-refractivity contribution is -0.384. The molecule has 2 heterocycles. The van der Waals surface area contributed by atoms with E-state index in [0.29, 0.717) is 31.5 Å². The van der Waals surface area contributed by atoms with Crippen LogP contribution in [0.3, 0.4) is 0 Å². The van der Waals surface area contributed by atoms with Crippen LogP contribution in [0, 0.1) is 10.1 Å². The van der Waals surface area contributed by atoms with Gasteiger partial charge in [0.05, 0.1) is 16.2 Å². The van der Waals surface area contributed by atoms with Crippen molar-refractivity contribution in [2.75, 3.05) is 37.6 Å². The van der Waals surface area contributed by atoms with Gasteiger partial charge in [-0.05, 0) is 38.2 Å². The molecule has 2 aliphatic rings. The number of nitro benzene ring substituents is 1. The molecule has 0 aliphatic carbocycles. The summed E-state index contributed by atoms with van der Waals surface area (Å²) in [4.78, 5) is 39.4. The maximum Gasteiger partial charge on any atom is 0.270 e. The summed E-state index contributed by atoms with van der Waals surface area (Å²) in [5.41, 5.74) is 1.02. The van der Waals surface area contributed by atoms with Crippen molar-refractivity contribution >= 4 is 23.2 Å². The lowest BCUT2D eigenvalue weighted by Gasteiger charge is -2.22. The lowest BCUT2D eigenvalue weighted by Crippen LogP contribution is -2.34. The number of rotatable bonds is 7. The highest BCUT2D eigenvalue weighted by atomic mass is 16.6. The van der Waals surface area contributed by atoms with Gasteiger partial charge in [0.25, 0.3) is 11.6 Å². The first-order chi connectivity index (χ1) is 13.6. The standard InChI is InChI=1S/C20H28N4O4/c25-19-7-2-1-3-13-23(19)14-6-10-21-20(26)17-15-16(24(27)28)8-9-18(17)22-11-4-5-12-22/h8-9,15H,1-7,10-14H2,(H,21,26). The third-order valence-electron chi connectivity index (χ3n) is 5.44. The monoisotopic (exact) mass is 388 g/mol. The van der Waals surface area contributed by atoms with E-state index in [0.717, 1.165) is 57.4 Å². The van der Waals surface area contributed by atoms with E-state index in [1.54, 1.807) is 6.07 Å². The summed E-state index contributed by atoms with van der Waals surface area (Å²) >= 11 is 0. The van der Waals surface area contributed by atoms with Crippen molar-refractivity contribution < 1.29 is 14.5 Å². The molecule has 2 aliphatic heterocycles. The Balaban J connectivity index is 1.60. The van der Waals surface area contributed by atoms with Gasteiger partial charge in [0, 0.05) is 51.3 Å². The van der Waals surface area contributed by atoms with Crippen LogP contribution in [0.1, 0.15) is 55.3 Å². The molecule has 0 bridgehead atoms. The lowest BCUT2D eigenvalue weighted by atomic mass is 10.1. The second kappa shape index (κ2) is 9.52. The Labute approximate surface area is 165 Å². The van der Waals surface area contributed by atoms with Crippen LogP contribution in [0.4, 0.5) is 11.4 Å². The number of hydrogen-bond donors (Lipinski definition) is 1. The Bertz CT molecular complexity index is 731. The van der Waals surface area contributed by atoms with Crippen LogP contribution >= 0.6 is 0 Å². The van der Waals surface area contributed by atoms with Gasteiger partial charge in [-0.15, -0.1) is 0 Å². The largest absolute Gasteiger partial charge is 0.371 e. The Kier molecular flexibility index (Phi) is 6.84. The maximum atomic E-state index is 12.7. The van der Waals surface area contributed by atoms with Gasteiger partial charge in [0.1, 0.15) is 0 Å². The van der Waals surface area contributed by atoms with Crippen molar-refractivity contribution in [1.82, 2.24) is 10.2 Å². The molecule has 0 atom stereocenters. The number of carbonyl (C=O) groups excluding carboxylic acids is 2. The topological polar surface area (TPSA) is 95.8 Å². The number of nitro groups is 1. The molecule has 0 radical (unpaired) electrons. The van der Waals surface area contributed by atoms with Crippen molar-refractivity contribution in [2.24, 2.45) is 0 Å². The number of carbonyl (C=O) groups is 2. The van der Waals surface area contributed by atoms with Crippen molar-refractivity contribution in [2.45, 2.75) is 44.9 Å². The van der Waals surface area contributed by atoms with Gasteiger partial charge in [0.2, 0.25) is 5.91 Å². The number of nitrogens with one attached hydrogen (secondary N) is 1. The minimum absolute atomic E-state index is 0.0803. The quantitative estimate of drug-likeness (QED) is 0.440. The molecular formula is C20H28N4O4. The molecule has 8 nitrogen and oxygen atoms in total. The highest BCUT2D eigenvalue weighted by molar-refractivity contribution is 6.00. The summed E-state index contributed by atoms with van der Waals surface area (Å²) in [5.74, 6) is -0.105. The van der Waals surface area contributed by atoms with Gasteiger partial charge in [-0.2, -0.15) is 0 Å². The smallest absolute Gasteiger partial charge is 0.270 e. The molecule has 3 rings (SSSR count). The Morgan fingerprint density at radius 1 is 1.11 bits per heavy atom. The van der Waals surface area contributed by atoms with Crippen molar-refractivity contribution in [3.63, 3.8) is 0 Å². The van der Waals surface area contributed by atoms with E-state index < -0.39 is 4.92 Å². The fourth-order valence-corrected chi connectivity index (χ4v) is 3.90. The Morgan fingerprint density at radius 3 is 2.61 bits per heavy atom. The maximum absolute atomic E-state index is 12.7. The van der Waals surface area contributed by atoms with Gasteiger partial charge in [-0.25, -0.2) is 0 Å². The fraction of sp³-hybridized carbons (Fsp3) is 0.600. The first-order valence-electron chi connectivity index (χ1n) is 10.2. The van der Waals surface area contributed by atoms with Crippen molar-refractivity contribution in [1.29, 1.82) is 0 Å². The number of benzene rings is 1. The molecule has 0 aromatic heterocycles. The van der Waals surface area contributed by atoms with Crippen LogP contribution < -0.4 is 10.2 Å². The van der Waals surface area contributed by atoms with Crippen LogP contribution in [-0.2, 0) is 4.79 Å². The summed E-state index contributed by atoms with van der Waals surface area (Å²) in [6.45, 7) is 3.57. The molecule has 1 aromatic carbocycles. The summed E-state index contributed by atoms with van der Waals surface area (Å²) < 4.78 is 0. The van der Waals surface area contributed by atoms with E-state index in [2.05, 4.69) is 10.2 Å². The first kappa shape index (κ1) is 20.1.